The number of nitrogens with zero attached hydrogens (tertiary/aromatic N) is 3. The van der Waals surface area contributed by atoms with Crippen molar-refractivity contribution in [3.63, 3.8) is 0 Å². The predicted molar refractivity (Wildman–Crippen MR) is 133 cm³/mol. The summed E-state index contributed by atoms with van der Waals surface area (Å²) < 4.78 is 35.8. The number of thiazole rings is 1. The number of benzene rings is 2. The molecule has 178 valence electrons. The molecule has 1 fully saturated rings. The third-order valence-corrected chi connectivity index (χ3v) is 8.67. The van der Waals surface area contributed by atoms with E-state index in [0.29, 0.717) is 30.1 Å². The number of ether oxygens (including phenoxy) is 1. The minimum absolute atomic E-state index is 0.193. The molecule has 1 amide bonds. The lowest BCUT2D eigenvalue weighted by molar-refractivity contribution is 0.0998. The lowest BCUT2D eigenvalue weighted by Crippen LogP contribution is -2.31. The molecule has 3 aromatic rings. The summed E-state index contributed by atoms with van der Waals surface area (Å²) in [7, 11) is -3.57. The summed E-state index contributed by atoms with van der Waals surface area (Å²) in [5.41, 5.74) is 1.19. The molecule has 4 rings (SSSR count). The number of carbonyl (C=O) groups excluding carboxylic acids is 1. The molecule has 2 heterocycles. The zero-order valence-corrected chi connectivity index (χ0v) is 20.7. The molecule has 1 aliphatic heterocycles. The van der Waals surface area contributed by atoms with Crippen LogP contribution in [0.3, 0.4) is 0 Å². The lowest BCUT2D eigenvalue weighted by atomic mass is 10.2. The van der Waals surface area contributed by atoms with E-state index in [1.165, 1.54) is 39.9 Å². The van der Waals surface area contributed by atoms with Crippen LogP contribution in [0, 0.1) is 12.3 Å². The van der Waals surface area contributed by atoms with Crippen LogP contribution in [0.15, 0.2) is 52.4 Å². The molecular formula is C25H27N3O4S2. The first kappa shape index (κ1) is 24.2. The molecule has 0 spiro atoms. The van der Waals surface area contributed by atoms with Gasteiger partial charge >= 0.3 is 0 Å². The molecule has 0 atom stereocenters. The normalized spacial score (nSPS) is 15.7. The van der Waals surface area contributed by atoms with E-state index in [4.69, 9.17) is 11.2 Å². The van der Waals surface area contributed by atoms with Crippen molar-refractivity contribution in [2.75, 3.05) is 19.7 Å². The topological polar surface area (TPSA) is 81.0 Å². The molecule has 2 aromatic carbocycles. The van der Waals surface area contributed by atoms with Crippen molar-refractivity contribution in [3.8, 4) is 18.1 Å². The Bertz CT molecular complexity index is 1390. The second kappa shape index (κ2) is 10.6. The van der Waals surface area contributed by atoms with Crippen molar-refractivity contribution in [1.29, 1.82) is 0 Å². The van der Waals surface area contributed by atoms with E-state index in [1.54, 1.807) is 0 Å². The minimum atomic E-state index is -3.57. The minimum Gasteiger partial charge on any atom is -0.494 e. The van der Waals surface area contributed by atoms with Crippen LogP contribution in [0.4, 0.5) is 0 Å². The maximum Gasteiger partial charge on any atom is 0.279 e. The van der Waals surface area contributed by atoms with E-state index in [-0.39, 0.29) is 11.4 Å². The molecule has 0 saturated carbocycles. The van der Waals surface area contributed by atoms with Gasteiger partial charge in [0.25, 0.3) is 5.91 Å². The summed E-state index contributed by atoms with van der Waals surface area (Å²) in [5.74, 6) is 2.89. The van der Waals surface area contributed by atoms with Gasteiger partial charge in [0.15, 0.2) is 4.80 Å². The quantitative estimate of drug-likeness (QED) is 0.482. The van der Waals surface area contributed by atoms with Gasteiger partial charge in [0, 0.05) is 18.7 Å². The molecule has 1 aliphatic rings. The van der Waals surface area contributed by atoms with E-state index >= 15 is 0 Å². The summed E-state index contributed by atoms with van der Waals surface area (Å²) in [6, 6.07) is 11.7. The number of terminal acetylenes is 1. The highest BCUT2D eigenvalue weighted by atomic mass is 32.2. The molecule has 1 aromatic heterocycles. The molecule has 0 N–H and O–H groups in total. The first-order valence-corrected chi connectivity index (χ1v) is 13.6. The van der Waals surface area contributed by atoms with Gasteiger partial charge in [0.05, 0.1) is 28.3 Å². The molecule has 0 aliphatic carbocycles. The molecule has 0 unspecified atom stereocenters. The standard InChI is InChI=1S/C25H27N3O4S2/c1-3-15-28-22-14-11-20(32-4-2)18-23(22)33-25(28)26-24(29)19-9-12-21(13-10-19)34(30,31)27-16-7-5-6-8-17-27/h1,9-14,18H,4-8,15-17H2,2H3. The van der Waals surface area contributed by atoms with Crippen LogP contribution in [-0.2, 0) is 16.6 Å². The van der Waals surface area contributed by atoms with Gasteiger partial charge in [-0.1, -0.05) is 30.1 Å². The van der Waals surface area contributed by atoms with Crippen molar-refractivity contribution < 1.29 is 17.9 Å². The third-order valence-electron chi connectivity index (χ3n) is 5.72. The number of hydrogen-bond acceptors (Lipinski definition) is 5. The van der Waals surface area contributed by atoms with Crippen molar-refractivity contribution in [1.82, 2.24) is 8.87 Å². The fourth-order valence-electron chi connectivity index (χ4n) is 3.99. The van der Waals surface area contributed by atoms with E-state index < -0.39 is 15.9 Å². The van der Waals surface area contributed by atoms with Crippen LogP contribution in [0.2, 0.25) is 0 Å². The molecule has 0 radical (unpaired) electrons. The largest absolute Gasteiger partial charge is 0.494 e. The fourth-order valence-corrected chi connectivity index (χ4v) is 6.56. The molecule has 0 bridgehead atoms. The Balaban J connectivity index is 1.63. The first-order chi connectivity index (χ1) is 16.4. The van der Waals surface area contributed by atoms with Gasteiger partial charge in [-0.05, 0) is 62.2 Å². The summed E-state index contributed by atoms with van der Waals surface area (Å²) >= 11 is 1.35. The summed E-state index contributed by atoms with van der Waals surface area (Å²) in [6.07, 6.45) is 9.38. The van der Waals surface area contributed by atoms with Crippen molar-refractivity contribution in [3.05, 3.63) is 52.8 Å². The van der Waals surface area contributed by atoms with Crippen molar-refractivity contribution in [2.24, 2.45) is 4.99 Å². The van der Waals surface area contributed by atoms with E-state index in [1.807, 2.05) is 29.7 Å². The number of fused-ring (bicyclic) bond motifs is 1. The molecular weight excluding hydrogens is 470 g/mol. The van der Waals surface area contributed by atoms with Gasteiger partial charge in [-0.25, -0.2) is 8.42 Å². The lowest BCUT2D eigenvalue weighted by Gasteiger charge is -2.19. The number of rotatable bonds is 6. The van der Waals surface area contributed by atoms with Crippen LogP contribution >= 0.6 is 11.3 Å². The summed E-state index contributed by atoms with van der Waals surface area (Å²) in [5, 5.41) is 0. The van der Waals surface area contributed by atoms with E-state index in [2.05, 4.69) is 10.9 Å². The van der Waals surface area contributed by atoms with Gasteiger partial charge in [-0.3, -0.25) is 4.79 Å². The number of carbonyl (C=O) groups is 1. The van der Waals surface area contributed by atoms with Gasteiger partial charge in [0.1, 0.15) is 5.75 Å². The fraction of sp³-hybridized carbons (Fsp3) is 0.360. The van der Waals surface area contributed by atoms with Crippen LogP contribution < -0.4 is 9.54 Å². The van der Waals surface area contributed by atoms with E-state index in [0.717, 1.165) is 41.6 Å². The monoisotopic (exact) mass is 497 g/mol. The Morgan fingerprint density at radius 3 is 2.47 bits per heavy atom. The average molecular weight is 498 g/mol. The molecule has 9 heteroatoms. The second-order valence-electron chi connectivity index (χ2n) is 8.00. The predicted octanol–water partition coefficient (Wildman–Crippen LogP) is 4.04. The third kappa shape index (κ3) is 5.09. The zero-order chi connectivity index (χ0) is 24.1. The number of amides is 1. The van der Waals surface area contributed by atoms with Gasteiger partial charge in [-0.15, -0.1) is 6.42 Å². The first-order valence-electron chi connectivity index (χ1n) is 11.3. The number of hydrogen-bond donors (Lipinski definition) is 0. The molecule has 34 heavy (non-hydrogen) atoms. The van der Waals surface area contributed by atoms with Crippen LogP contribution in [0.5, 0.6) is 5.75 Å². The Kier molecular flexibility index (Phi) is 7.51. The highest BCUT2D eigenvalue weighted by molar-refractivity contribution is 7.89. The molecule has 1 saturated heterocycles. The smallest absolute Gasteiger partial charge is 0.279 e. The van der Waals surface area contributed by atoms with Crippen molar-refractivity contribution in [2.45, 2.75) is 44.0 Å². The second-order valence-corrected chi connectivity index (χ2v) is 10.9. The van der Waals surface area contributed by atoms with Crippen LogP contribution in [0.1, 0.15) is 43.0 Å². The Morgan fingerprint density at radius 1 is 1.12 bits per heavy atom. The van der Waals surface area contributed by atoms with Gasteiger partial charge in [-0.2, -0.15) is 9.30 Å². The van der Waals surface area contributed by atoms with Crippen LogP contribution in [-0.4, -0.2) is 42.9 Å². The maximum absolute atomic E-state index is 13.0. The Hall–Kier alpha value is -2.93. The number of sulfonamides is 1. The van der Waals surface area contributed by atoms with Gasteiger partial charge in [0.2, 0.25) is 10.0 Å². The highest BCUT2D eigenvalue weighted by Crippen LogP contribution is 2.24. The highest BCUT2D eigenvalue weighted by Gasteiger charge is 2.25. The average Bonchev–Trinajstić information content (AvgIpc) is 3.00. The van der Waals surface area contributed by atoms with Gasteiger partial charge < -0.3 is 9.30 Å². The Labute approximate surface area is 203 Å². The maximum atomic E-state index is 13.0. The summed E-state index contributed by atoms with van der Waals surface area (Å²) in [4.78, 5) is 17.9. The van der Waals surface area contributed by atoms with Crippen molar-refractivity contribution >= 4 is 37.5 Å². The SMILES string of the molecule is C#CCn1c(=NC(=O)c2ccc(S(=O)(=O)N3CCCCCC3)cc2)sc2cc(OCC)ccc21. The molecule has 7 nitrogen and oxygen atoms in total. The van der Waals surface area contributed by atoms with E-state index in [9.17, 15) is 13.2 Å². The number of aromatic nitrogens is 1. The summed E-state index contributed by atoms with van der Waals surface area (Å²) in [6.45, 7) is 3.81. The van der Waals surface area contributed by atoms with Crippen LogP contribution in [0.25, 0.3) is 10.2 Å². The Morgan fingerprint density at radius 2 is 1.82 bits per heavy atom. The zero-order valence-electron chi connectivity index (χ0n) is 19.1.